The molecule has 0 saturated heterocycles. The Labute approximate surface area is 117 Å². The van der Waals surface area contributed by atoms with Gasteiger partial charge in [-0.15, -0.1) is 0 Å². The Morgan fingerprint density at radius 3 is 2.00 bits per heavy atom. The van der Waals surface area contributed by atoms with Crippen LogP contribution in [-0.4, -0.2) is 39.8 Å². The standard InChI is InChI=1S/C13H28O5Si/c1-7-12(14)18-13(8-2)17-11(5)19(6,15-9-3)16-10-4/h11,13H,7-10H2,1-6H3. The molecule has 0 amide bonds. The Hall–Kier alpha value is -0.433. The molecule has 0 bridgehead atoms. The molecule has 0 fully saturated rings. The zero-order valence-corrected chi connectivity index (χ0v) is 14.0. The lowest BCUT2D eigenvalue weighted by Gasteiger charge is -2.33. The molecular weight excluding hydrogens is 264 g/mol. The number of esters is 1. The molecule has 0 rings (SSSR count). The minimum Gasteiger partial charge on any atom is -0.436 e. The smallest absolute Gasteiger partial charge is 0.364 e. The summed E-state index contributed by atoms with van der Waals surface area (Å²) in [4.78, 5) is 11.3. The topological polar surface area (TPSA) is 54.0 Å². The maximum Gasteiger partial charge on any atom is 0.364 e. The van der Waals surface area contributed by atoms with Gasteiger partial charge in [-0.2, -0.15) is 0 Å². The second-order valence-electron chi connectivity index (χ2n) is 4.34. The van der Waals surface area contributed by atoms with Gasteiger partial charge in [-0.3, -0.25) is 4.79 Å². The largest absolute Gasteiger partial charge is 0.436 e. The predicted molar refractivity (Wildman–Crippen MR) is 75.9 cm³/mol. The van der Waals surface area contributed by atoms with Crippen LogP contribution in [0.4, 0.5) is 0 Å². The third kappa shape index (κ3) is 6.51. The number of carbonyl (C=O) groups is 1. The van der Waals surface area contributed by atoms with Crippen LogP contribution in [0.3, 0.4) is 0 Å². The van der Waals surface area contributed by atoms with Crippen LogP contribution in [0, 0.1) is 0 Å². The maximum absolute atomic E-state index is 11.3. The molecule has 2 atom stereocenters. The fourth-order valence-corrected chi connectivity index (χ4v) is 3.74. The van der Waals surface area contributed by atoms with Gasteiger partial charge in [0, 0.05) is 26.1 Å². The van der Waals surface area contributed by atoms with Gasteiger partial charge >= 0.3 is 14.5 Å². The highest BCUT2D eigenvalue weighted by Gasteiger charge is 2.40. The Morgan fingerprint density at radius 2 is 1.63 bits per heavy atom. The number of hydrogen-bond donors (Lipinski definition) is 0. The highest BCUT2D eigenvalue weighted by Crippen LogP contribution is 2.18. The number of hydrogen-bond acceptors (Lipinski definition) is 5. The van der Waals surface area contributed by atoms with Gasteiger partial charge in [0.2, 0.25) is 6.29 Å². The monoisotopic (exact) mass is 292 g/mol. The van der Waals surface area contributed by atoms with Crippen LogP contribution >= 0.6 is 0 Å². The van der Waals surface area contributed by atoms with Gasteiger partial charge in [0.1, 0.15) is 5.73 Å². The summed E-state index contributed by atoms with van der Waals surface area (Å²) in [5.41, 5.74) is -0.206. The van der Waals surface area contributed by atoms with Crippen molar-refractivity contribution in [3.63, 3.8) is 0 Å². The molecule has 6 heteroatoms. The van der Waals surface area contributed by atoms with Crippen molar-refractivity contribution in [1.29, 1.82) is 0 Å². The summed E-state index contributed by atoms with van der Waals surface area (Å²) >= 11 is 0. The van der Waals surface area contributed by atoms with Gasteiger partial charge in [-0.05, 0) is 27.3 Å². The lowest BCUT2D eigenvalue weighted by Crippen LogP contribution is -2.52. The van der Waals surface area contributed by atoms with Crippen LogP contribution in [0.2, 0.25) is 6.55 Å². The third-order valence-corrected chi connectivity index (χ3v) is 6.18. The molecule has 0 N–H and O–H groups in total. The van der Waals surface area contributed by atoms with Crippen molar-refractivity contribution in [1.82, 2.24) is 0 Å². The van der Waals surface area contributed by atoms with Crippen molar-refractivity contribution in [3.05, 3.63) is 0 Å². The first-order chi connectivity index (χ1) is 8.93. The van der Waals surface area contributed by atoms with Gasteiger partial charge in [0.15, 0.2) is 0 Å². The first-order valence-corrected chi connectivity index (χ1v) is 9.45. The van der Waals surface area contributed by atoms with Crippen molar-refractivity contribution >= 4 is 14.5 Å². The summed E-state index contributed by atoms with van der Waals surface area (Å²) < 4.78 is 22.6. The quantitative estimate of drug-likeness (QED) is 0.352. The maximum atomic E-state index is 11.3. The SMILES string of the molecule is CCO[Si](C)(OCC)C(C)OC(CC)OC(=O)CC. The molecule has 0 spiro atoms. The van der Waals surface area contributed by atoms with Crippen LogP contribution < -0.4 is 0 Å². The van der Waals surface area contributed by atoms with E-state index in [-0.39, 0.29) is 11.7 Å². The second-order valence-corrected chi connectivity index (χ2v) is 7.76. The zero-order valence-electron chi connectivity index (χ0n) is 13.0. The molecule has 0 aromatic rings. The Bertz CT molecular complexity index is 253. The molecule has 0 saturated carbocycles. The second kappa shape index (κ2) is 9.47. The van der Waals surface area contributed by atoms with Gasteiger partial charge in [0.25, 0.3) is 0 Å². The third-order valence-electron chi connectivity index (χ3n) is 2.84. The Balaban J connectivity index is 4.58. The van der Waals surface area contributed by atoms with E-state index in [0.29, 0.717) is 26.1 Å². The molecular formula is C13H28O5Si. The van der Waals surface area contributed by atoms with Crippen molar-refractivity contribution in [2.24, 2.45) is 0 Å². The number of carbonyl (C=O) groups excluding carboxylic acids is 1. The van der Waals surface area contributed by atoms with E-state index in [2.05, 4.69) is 0 Å². The fourth-order valence-electron chi connectivity index (χ4n) is 1.64. The summed E-state index contributed by atoms with van der Waals surface area (Å²) in [7, 11) is -2.41. The molecule has 0 radical (unpaired) electrons. The predicted octanol–water partition coefficient (Wildman–Crippen LogP) is 2.77. The fraction of sp³-hybridized carbons (Fsp3) is 0.923. The van der Waals surface area contributed by atoms with Crippen LogP contribution in [0.15, 0.2) is 0 Å². The normalized spacial score (nSPS) is 15.1. The van der Waals surface area contributed by atoms with E-state index in [1.54, 1.807) is 6.92 Å². The Morgan fingerprint density at radius 1 is 1.11 bits per heavy atom. The van der Waals surface area contributed by atoms with Crippen molar-refractivity contribution < 1.29 is 23.1 Å². The molecule has 0 aromatic heterocycles. The van der Waals surface area contributed by atoms with E-state index < -0.39 is 14.9 Å². The van der Waals surface area contributed by atoms with Gasteiger partial charge in [0.05, 0.1) is 0 Å². The average molecular weight is 292 g/mol. The molecule has 0 aliphatic carbocycles. The van der Waals surface area contributed by atoms with Crippen molar-refractivity contribution in [2.75, 3.05) is 13.2 Å². The molecule has 0 heterocycles. The minimum atomic E-state index is -2.41. The molecule has 0 aliphatic heterocycles. The highest BCUT2D eigenvalue weighted by molar-refractivity contribution is 6.67. The summed E-state index contributed by atoms with van der Waals surface area (Å²) in [5, 5.41) is 0. The summed E-state index contributed by atoms with van der Waals surface area (Å²) in [6.45, 7) is 12.6. The molecule has 19 heavy (non-hydrogen) atoms. The minimum absolute atomic E-state index is 0.206. The van der Waals surface area contributed by atoms with Crippen LogP contribution in [0.5, 0.6) is 0 Å². The lowest BCUT2D eigenvalue weighted by molar-refractivity contribution is -0.184. The van der Waals surface area contributed by atoms with E-state index in [1.807, 2.05) is 34.2 Å². The first kappa shape index (κ1) is 18.6. The van der Waals surface area contributed by atoms with Gasteiger partial charge < -0.3 is 18.3 Å². The summed E-state index contributed by atoms with van der Waals surface area (Å²) in [6, 6.07) is 0. The van der Waals surface area contributed by atoms with E-state index in [4.69, 9.17) is 18.3 Å². The van der Waals surface area contributed by atoms with E-state index in [0.717, 1.165) is 0 Å². The van der Waals surface area contributed by atoms with E-state index in [9.17, 15) is 4.79 Å². The van der Waals surface area contributed by atoms with Crippen LogP contribution in [-0.2, 0) is 23.1 Å². The molecule has 5 nitrogen and oxygen atoms in total. The van der Waals surface area contributed by atoms with Crippen molar-refractivity contribution in [3.8, 4) is 0 Å². The molecule has 0 aromatic carbocycles. The number of rotatable bonds is 10. The van der Waals surface area contributed by atoms with Gasteiger partial charge in [-0.1, -0.05) is 13.8 Å². The Kier molecular flexibility index (Phi) is 9.25. The summed E-state index contributed by atoms with van der Waals surface area (Å²) in [6.07, 6.45) is 0.425. The van der Waals surface area contributed by atoms with Crippen molar-refractivity contribution in [2.45, 2.75) is 66.0 Å². The lowest BCUT2D eigenvalue weighted by atomic mass is 10.4. The molecule has 2 unspecified atom stereocenters. The average Bonchev–Trinajstić information content (AvgIpc) is 2.38. The van der Waals surface area contributed by atoms with Crippen LogP contribution in [0.25, 0.3) is 0 Å². The van der Waals surface area contributed by atoms with Gasteiger partial charge in [-0.25, -0.2) is 0 Å². The van der Waals surface area contributed by atoms with Crippen LogP contribution in [0.1, 0.15) is 47.5 Å². The zero-order chi connectivity index (χ0) is 14.9. The highest BCUT2D eigenvalue weighted by atomic mass is 28.4. The molecule has 0 aliphatic rings. The van der Waals surface area contributed by atoms with E-state index >= 15 is 0 Å². The number of ether oxygens (including phenoxy) is 2. The summed E-state index contributed by atoms with van der Waals surface area (Å²) in [5.74, 6) is -0.254. The molecule has 114 valence electrons. The van der Waals surface area contributed by atoms with E-state index in [1.165, 1.54) is 0 Å². The first-order valence-electron chi connectivity index (χ1n) is 7.06.